The maximum Gasteiger partial charge on any atom is 0.573 e. The average Bonchev–Trinajstić information content (AvgIpc) is 2.36. The third-order valence-corrected chi connectivity index (χ3v) is 3.01. The fourth-order valence-corrected chi connectivity index (χ4v) is 2.26. The Balaban J connectivity index is 2.35. The molecule has 0 radical (unpaired) electrons. The standard InChI is InChI=1S/C15H13ClF3NO/c16-13-7-10(4-5-20)6-12(8-13)11-2-1-3-14(9-11)21-15(17,18)19/h1-3,6-9H,4-5,20H2. The third-order valence-electron chi connectivity index (χ3n) is 2.79. The molecule has 2 aromatic carbocycles. The van der Waals surface area contributed by atoms with Crippen LogP contribution < -0.4 is 10.5 Å². The maximum atomic E-state index is 12.2. The van der Waals surface area contributed by atoms with E-state index in [-0.39, 0.29) is 5.75 Å². The summed E-state index contributed by atoms with van der Waals surface area (Å²) in [6, 6.07) is 11.1. The zero-order valence-electron chi connectivity index (χ0n) is 11.0. The normalized spacial score (nSPS) is 11.5. The number of hydrogen-bond acceptors (Lipinski definition) is 2. The summed E-state index contributed by atoms with van der Waals surface area (Å²) in [7, 11) is 0. The van der Waals surface area contributed by atoms with Crippen LogP contribution in [0.5, 0.6) is 5.75 Å². The van der Waals surface area contributed by atoms with Crippen molar-refractivity contribution in [3.63, 3.8) is 0 Å². The highest BCUT2D eigenvalue weighted by Crippen LogP contribution is 2.30. The second-order valence-electron chi connectivity index (χ2n) is 4.46. The van der Waals surface area contributed by atoms with Crippen molar-refractivity contribution in [2.45, 2.75) is 12.8 Å². The van der Waals surface area contributed by atoms with Gasteiger partial charge in [0.05, 0.1) is 0 Å². The number of alkyl halides is 3. The minimum atomic E-state index is -4.71. The van der Waals surface area contributed by atoms with Gasteiger partial charge in [0, 0.05) is 5.02 Å². The average molecular weight is 316 g/mol. The molecule has 21 heavy (non-hydrogen) atoms. The van der Waals surface area contributed by atoms with Gasteiger partial charge in [0.1, 0.15) is 5.75 Å². The molecule has 2 N–H and O–H groups in total. The Labute approximate surface area is 125 Å². The first-order valence-electron chi connectivity index (χ1n) is 6.23. The smallest absolute Gasteiger partial charge is 0.406 e. The van der Waals surface area contributed by atoms with Gasteiger partial charge in [-0.1, -0.05) is 29.8 Å². The van der Waals surface area contributed by atoms with Crippen LogP contribution in [0.25, 0.3) is 11.1 Å². The highest BCUT2D eigenvalue weighted by atomic mass is 35.5. The van der Waals surface area contributed by atoms with E-state index in [9.17, 15) is 13.2 Å². The van der Waals surface area contributed by atoms with Gasteiger partial charge in [0.25, 0.3) is 0 Å². The van der Waals surface area contributed by atoms with Crippen molar-refractivity contribution in [2.24, 2.45) is 5.73 Å². The van der Waals surface area contributed by atoms with Crippen LogP contribution in [0.15, 0.2) is 42.5 Å². The number of hydrogen-bond donors (Lipinski definition) is 1. The monoisotopic (exact) mass is 315 g/mol. The topological polar surface area (TPSA) is 35.2 Å². The molecule has 0 atom stereocenters. The molecular formula is C15H13ClF3NO. The third kappa shape index (κ3) is 4.65. The Morgan fingerprint density at radius 3 is 2.48 bits per heavy atom. The quantitative estimate of drug-likeness (QED) is 0.907. The summed E-state index contributed by atoms with van der Waals surface area (Å²) in [5.74, 6) is -0.264. The lowest BCUT2D eigenvalue weighted by Gasteiger charge is -2.11. The molecule has 0 amide bonds. The lowest BCUT2D eigenvalue weighted by atomic mass is 10.0. The van der Waals surface area contributed by atoms with Crippen LogP contribution in [0.3, 0.4) is 0 Å². The molecule has 0 aliphatic rings. The number of benzene rings is 2. The summed E-state index contributed by atoms with van der Waals surface area (Å²) in [4.78, 5) is 0. The SMILES string of the molecule is NCCc1cc(Cl)cc(-c2cccc(OC(F)(F)F)c2)c1. The van der Waals surface area contributed by atoms with Gasteiger partial charge < -0.3 is 10.5 Å². The van der Waals surface area contributed by atoms with E-state index >= 15 is 0 Å². The zero-order chi connectivity index (χ0) is 15.5. The fraction of sp³-hybridized carbons (Fsp3) is 0.200. The van der Waals surface area contributed by atoms with Crippen molar-refractivity contribution in [2.75, 3.05) is 6.54 Å². The Kier molecular flexibility index (Phi) is 4.75. The molecule has 0 saturated carbocycles. The van der Waals surface area contributed by atoms with Gasteiger partial charge in [0.2, 0.25) is 0 Å². The van der Waals surface area contributed by atoms with Crippen LogP contribution in [0, 0.1) is 0 Å². The molecule has 0 aromatic heterocycles. The molecule has 0 aliphatic heterocycles. The second kappa shape index (κ2) is 6.37. The molecule has 6 heteroatoms. The van der Waals surface area contributed by atoms with Crippen molar-refractivity contribution in [3.8, 4) is 16.9 Å². The molecule has 0 fully saturated rings. The lowest BCUT2D eigenvalue weighted by Crippen LogP contribution is -2.17. The molecule has 2 aromatic rings. The predicted molar refractivity (Wildman–Crippen MR) is 76.3 cm³/mol. The first-order valence-corrected chi connectivity index (χ1v) is 6.61. The van der Waals surface area contributed by atoms with Gasteiger partial charge in [0.15, 0.2) is 0 Å². The Morgan fingerprint density at radius 1 is 1.05 bits per heavy atom. The minimum absolute atomic E-state index is 0.264. The van der Waals surface area contributed by atoms with Gasteiger partial charge in [-0.05, 0) is 53.9 Å². The van der Waals surface area contributed by atoms with E-state index in [1.54, 1.807) is 18.2 Å². The van der Waals surface area contributed by atoms with Crippen molar-refractivity contribution in [1.82, 2.24) is 0 Å². The molecule has 0 heterocycles. The van der Waals surface area contributed by atoms with Crippen LogP contribution >= 0.6 is 11.6 Å². The predicted octanol–water partition coefficient (Wildman–Crippen LogP) is 4.41. The molecule has 2 rings (SSSR count). The Morgan fingerprint density at radius 2 is 1.81 bits per heavy atom. The summed E-state index contributed by atoms with van der Waals surface area (Å²) < 4.78 is 40.7. The van der Waals surface area contributed by atoms with Crippen LogP contribution in [0.4, 0.5) is 13.2 Å². The first-order chi connectivity index (χ1) is 9.87. The minimum Gasteiger partial charge on any atom is -0.406 e. The van der Waals surface area contributed by atoms with E-state index in [0.29, 0.717) is 23.6 Å². The highest BCUT2D eigenvalue weighted by Gasteiger charge is 2.31. The number of ether oxygens (including phenoxy) is 1. The molecule has 0 aliphatic carbocycles. The van der Waals surface area contributed by atoms with Crippen LogP contribution in [0.2, 0.25) is 5.02 Å². The largest absolute Gasteiger partial charge is 0.573 e. The van der Waals surface area contributed by atoms with Crippen LogP contribution in [-0.2, 0) is 6.42 Å². The molecular weight excluding hydrogens is 303 g/mol. The molecule has 2 nitrogen and oxygen atoms in total. The van der Waals surface area contributed by atoms with E-state index in [2.05, 4.69) is 4.74 Å². The van der Waals surface area contributed by atoms with Crippen LogP contribution in [-0.4, -0.2) is 12.9 Å². The van der Waals surface area contributed by atoms with Gasteiger partial charge in [-0.2, -0.15) is 0 Å². The van der Waals surface area contributed by atoms with Gasteiger partial charge >= 0.3 is 6.36 Å². The van der Waals surface area contributed by atoms with E-state index in [1.165, 1.54) is 18.2 Å². The first kappa shape index (κ1) is 15.7. The van der Waals surface area contributed by atoms with Gasteiger partial charge in [-0.3, -0.25) is 0 Å². The molecule has 0 bridgehead atoms. The van der Waals surface area contributed by atoms with E-state index in [1.807, 2.05) is 6.07 Å². The summed E-state index contributed by atoms with van der Waals surface area (Å²) in [5, 5.41) is 0.512. The lowest BCUT2D eigenvalue weighted by molar-refractivity contribution is -0.274. The van der Waals surface area contributed by atoms with Crippen molar-refractivity contribution in [1.29, 1.82) is 0 Å². The molecule has 0 spiro atoms. The molecule has 0 saturated heterocycles. The molecule has 112 valence electrons. The van der Waals surface area contributed by atoms with E-state index in [4.69, 9.17) is 17.3 Å². The van der Waals surface area contributed by atoms with Crippen LogP contribution in [0.1, 0.15) is 5.56 Å². The van der Waals surface area contributed by atoms with Crippen molar-refractivity contribution >= 4 is 11.6 Å². The van der Waals surface area contributed by atoms with E-state index < -0.39 is 6.36 Å². The van der Waals surface area contributed by atoms with Gasteiger partial charge in [-0.15, -0.1) is 13.2 Å². The number of nitrogens with two attached hydrogens (primary N) is 1. The zero-order valence-corrected chi connectivity index (χ0v) is 11.7. The summed E-state index contributed by atoms with van der Waals surface area (Å²) >= 11 is 6.03. The maximum absolute atomic E-state index is 12.2. The van der Waals surface area contributed by atoms with Gasteiger partial charge in [-0.25, -0.2) is 0 Å². The summed E-state index contributed by atoms with van der Waals surface area (Å²) in [6.45, 7) is 0.469. The fourth-order valence-electron chi connectivity index (χ4n) is 2.00. The number of halogens is 4. The van der Waals surface area contributed by atoms with Crippen molar-refractivity contribution < 1.29 is 17.9 Å². The Hall–Kier alpha value is -1.72. The second-order valence-corrected chi connectivity index (χ2v) is 4.90. The highest BCUT2D eigenvalue weighted by molar-refractivity contribution is 6.31. The summed E-state index contributed by atoms with van der Waals surface area (Å²) in [6.07, 6.45) is -4.07. The van der Waals surface area contributed by atoms with E-state index in [0.717, 1.165) is 11.1 Å². The summed E-state index contributed by atoms with van der Waals surface area (Å²) in [5.41, 5.74) is 7.75. The Bertz CT molecular complexity index is 629. The molecule has 0 unspecified atom stereocenters. The number of rotatable bonds is 4. The van der Waals surface area contributed by atoms with Crippen molar-refractivity contribution in [3.05, 3.63) is 53.1 Å².